The molecule has 0 atom stereocenters. The van der Waals surface area contributed by atoms with Crippen molar-refractivity contribution in [2.75, 3.05) is 0 Å². The molecular weight excluding hydrogens is 502 g/mol. The maximum atomic E-state index is 14.5. The highest BCUT2D eigenvalue weighted by atomic mass is 35.5. The number of hydrogen-bond acceptors (Lipinski definition) is 4. The first-order valence-corrected chi connectivity index (χ1v) is 11.0. The predicted molar refractivity (Wildman–Crippen MR) is 126 cm³/mol. The molecule has 35 heavy (non-hydrogen) atoms. The SMILES string of the molecule is O=C(c1ncc(-c2ccccn2)o1)c1c(C(F)(F)F)n(Cc2ccc(Cl)cc2)c2ccc(Cl)cc12. The van der Waals surface area contributed by atoms with Crippen molar-refractivity contribution in [1.82, 2.24) is 14.5 Å². The van der Waals surface area contributed by atoms with Crippen LogP contribution in [0.2, 0.25) is 10.0 Å². The van der Waals surface area contributed by atoms with Gasteiger partial charge < -0.3 is 8.98 Å². The molecule has 0 fully saturated rings. The van der Waals surface area contributed by atoms with E-state index in [0.717, 1.165) is 4.57 Å². The van der Waals surface area contributed by atoms with Crippen molar-refractivity contribution in [3.05, 3.63) is 106 Å². The molecule has 0 aliphatic rings. The van der Waals surface area contributed by atoms with Crippen molar-refractivity contribution in [1.29, 1.82) is 0 Å². The molecule has 10 heteroatoms. The highest BCUT2D eigenvalue weighted by molar-refractivity contribution is 6.32. The Morgan fingerprint density at radius 2 is 1.71 bits per heavy atom. The molecule has 176 valence electrons. The van der Waals surface area contributed by atoms with E-state index in [-0.39, 0.29) is 28.2 Å². The van der Waals surface area contributed by atoms with Crippen LogP contribution in [0, 0.1) is 0 Å². The maximum Gasteiger partial charge on any atom is 0.432 e. The number of fused-ring (bicyclic) bond motifs is 1. The van der Waals surface area contributed by atoms with Crippen LogP contribution >= 0.6 is 23.2 Å². The van der Waals surface area contributed by atoms with Crippen LogP contribution in [0.15, 0.2) is 77.5 Å². The number of halogens is 5. The fourth-order valence-electron chi connectivity index (χ4n) is 3.90. The normalized spacial score (nSPS) is 11.8. The smallest absolute Gasteiger partial charge is 0.432 e. The lowest BCUT2D eigenvalue weighted by Crippen LogP contribution is -2.18. The van der Waals surface area contributed by atoms with Crippen molar-refractivity contribution >= 4 is 39.9 Å². The van der Waals surface area contributed by atoms with Crippen molar-refractivity contribution in [3.63, 3.8) is 0 Å². The minimum Gasteiger partial charge on any atom is -0.432 e. The van der Waals surface area contributed by atoms with Crippen LogP contribution in [0.25, 0.3) is 22.4 Å². The van der Waals surface area contributed by atoms with Gasteiger partial charge in [-0.2, -0.15) is 13.2 Å². The Morgan fingerprint density at radius 1 is 0.971 bits per heavy atom. The number of pyridine rings is 1. The van der Waals surface area contributed by atoms with Gasteiger partial charge in [-0.3, -0.25) is 9.78 Å². The van der Waals surface area contributed by atoms with Gasteiger partial charge in [-0.05, 0) is 48.0 Å². The van der Waals surface area contributed by atoms with Crippen LogP contribution < -0.4 is 0 Å². The van der Waals surface area contributed by atoms with E-state index >= 15 is 0 Å². The fraction of sp³-hybridized carbons (Fsp3) is 0.0800. The summed E-state index contributed by atoms with van der Waals surface area (Å²) in [5, 5.41) is 0.685. The Hall–Kier alpha value is -3.62. The standard InChI is InChI=1S/C25H14Cl2F3N3O2/c26-15-6-4-14(5-7-15)13-33-19-9-8-16(27)11-17(19)21(23(33)25(28,29)30)22(34)24-32-12-20(35-24)18-3-1-2-10-31-18/h1-12H,13H2. The average molecular weight is 516 g/mol. The predicted octanol–water partition coefficient (Wildman–Crippen LogP) is 7.30. The van der Waals surface area contributed by atoms with Gasteiger partial charge >= 0.3 is 6.18 Å². The summed E-state index contributed by atoms with van der Waals surface area (Å²) < 4.78 is 50.0. The Kier molecular flexibility index (Phi) is 5.86. The Morgan fingerprint density at radius 3 is 2.40 bits per heavy atom. The van der Waals surface area contributed by atoms with E-state index in [1.165, 1.54) is 30.6 Å². The van der Waals surface area contributed by atoms with Crippen LogP contribution in [0.1, 0.15) is 27.5 Å². The number of nitrogens with zero attached hydrogens (tertiary/aromatic N) is 3. The average Bonchev–Trinajstić information content (AvgIpc) is 3.44. The number of carbonyl (C=O) groups excluding carboxylic acids is 1. The van der Waals surface area contributed by atoms with Gasteiger partial charge in [0.15, 0.2) is 5.76 Å². The zero-order valence-corrected chi connectivity index (χ0v) is 19.2. The van der Waals surface area contributed by atoms with E-state index in [4.69, 9.17) is 27.6 Å². The van der Waals surface area contributed by atoms with Crippen molar-refractivity contribution in [2.24, 2.45) is 0 Å². The van der Waals surface area contributed by atoms with Crippen LogP contribution in [0.4, 0.5) is 13.2 Å². The second kappa shape index (κ2) is 8.87. The third-order valence-corrected chi connectivity index (χ3v) is 5.88. The second-order valence-electron chi connectivity index (χ2n) is 7.67. The molecule has 0 aliphatic carbocycles. The third kappa shape index (κ3) is 4.42. The lowest BCUT2D eigenvalue weighted by atomic mass is 10.1. The molecule has 3 aromatic heterocycles. The number of oxazole rings is 1. The first kappa shape index (κ1) is 23.1. The molecule has 5 rings (SSSR count). The number of alkyl halides is 3. The lowest BCUT2D eigenvalue weighted by Gasteiger charge is -2.14. The van der Waals surface area contributed by atoms with Gasteiger partial charge in [0.2, 0.25) is 0 Å². The zero-order valence-electron chi connectivity index (χ0n) is 17.7. The van der Waals surface area contributed by atoms with Crippen LogP contribution in [-0.2, 0) is 12.7 Å². The zero-order chi connectivity index (χ0) is 24.7. The number of ketones is 1. The molecule has 5 nitrogen and oxygen atoms in total. The quantitative estimate of drug-likeness (QED) is 0.230. The van der Waals surface area contributed by atoms with Gasteiger partial charge in [-0.1, -0.05) is 41.4 Å². The minimum absolute atomic E-state index is 0.0429. The van der Waals surface area contributed by atoms with Crippen LogP contribution in [-0.4, -0.2) is 20.3 Å². The summed E-state index contributed by atoms with van der Waals surface area (Å²) in [5.74, 6) is -1.34. The topological polar surface area (TPSA) is 60.9 Å². The molecule has 0 N–H and O–H groups in total. The highest BCUT2D eigenvalue weighted by Crippen LogP contribution is 2.40. The van der Waals surface area contributed by atoms with Crippen molar-refractivity contribution < 1.29 is 22.4 Å². The molecule has 0 aliphatic heterocycles. The Bertz CT molecular complexity index is 1540. The summed E-state index contributed by atoms with van der Waals surface area (Å²) in [5.41, 5.74) is -0.551. The molecule has 0 bridgehead atoms. The Balaban J connectivity index is 1.70. The van der Waals surface area contributed by atoms with Gasteiger partial charge in [0.1, 0.15) is 11.4 Å². The molecule has 0 saturated carbocycles. The monoisotopic (exact) mass is 515 g/mol. The minimum atomic E-state index is -4.86. The van der Waals surface area contributed by atoms with E-state index in [9.17, 15) is 18.0 Å². The van der Waals surface area contributed by atoms with E-state index in [0.29, 0.717) is 16.3 Å². The molecule has 0 radical (unpaired) electrons. The molecule has 0 unspecified atom stereocenters. The van der Waals surface area contributed by atoms with Crippen LogP contribution in [0.5, 0.6) is 0 Å². The van der Waals surface area contributed by atoms with Gasteiger partial charge in [-0.15, -0.1) is 0 Å². The lowest BCUT2D eigenvalue weighted by molar-refractivity contribution is -0.143. The number of carbonyl (C=O) groups is 1. The van der Waals surface area contributed by atoms with Crippen molar-refractivity contribution in [3.8, 4) is 11.5 Å². The summed E-state index contributed by atoms with van der Waals surface area (Å²) in [4.78, 5) is 21.5. The second-order valence-corrected chi connectivity index (χ2v) is 8.54. The summed E-state index contributed by atoms with van der Waals surface area (Å²) >= 11 is 12.0. The van der Waals surface area contributed by atoms with Gasteiger partial charge in [-0.25, -0.2) is 4.98 Å². The largest absolute Gasteiger partial charge is 0.432 e. The summed E-state index contributed by atoms with van der Waals surface area (Å²) in [6, 6.07) is 15.7. The number of benzene rings is 2. The molecule has 0 spiro atoms. The number of hydrogen-bond donors (Lipinski definition) is 0. The molecule has 3 heterocycles. The number of aromatic nitrogens is 3. The highest BCUT2D eigenvalue weighted by Gasteiger charge is 2.42. The molecule has 0 saturated heterocycles. The van der Waals surface area contributed by atoms with E-state index in [1.807, 2.05) is 0 Å². The first-order chi connectivity index (χ1) is 16.7. The molecule has 5 aromatic rings. The van der Waals surface area contributed by atoms with Gasteiger partial charge in [0.05, 0.1) is 11.8 Å². The molecular formula is C25H14Cl2F3N3O2. The molecule has 2 aromatic carbocycles. The van der Waals surface area contributed by atoms with Gasteiger partial charge in [0.25, 0.3) is 11.7 Å². The molecule has 0 amide bonds. The summed E-state index contributed by atoms with van der Waals surface area (Å²) in [6.45, 7) is -0.151. The van der Waals surface area contributed by atoms with E-state index in [2.05, 4.69) is 9.97 Å². The summed E-state index contributed by atoms with van der Waals surface area (Å²) in [6.07, 6.45) is -2.09. The number of rotatable bonds is 5. The van der Waals surface area contributed by atoms with Crippen molar-refractivity contribution in [2.45, 2.75) is 12.7 Å². The first-order valence-electron chi connectivity index (χ1n) is 10.3. The summed E-state index contributed by atoms with van der Waals surface area (Å²) in [7, 11) is 0. The van der Waals surface area contributed by atoms with Gasteiger partial charge in [0, 0.05) is 33.7 Å². The van der Waals surface area contributed by atoms with E-state index < -0.39 is 29.1 Å². The van der Waals surface area contributed by atoms with E-state index in [1.54, 1.807) is 42.5 Å². The Labute approximate surface area is 206 Å². The fourth-order valence-corrected chi connectivity index (χ4v) is 4.20. The maximum absolute atomic E-state index is 14.5. The third-order valence-electron chi connectivity index (χ3n) is 5.39. The van der Waals surface area contributed by atoms with Crippen LogP contribution in [0.3, 0.4) is 0 Å².